The van der Waals surface area contributed by atoms with Crippen LogP contribution in [-0.4, -0.2) is 14.7 Å². The van der Waals surface area contributed by atoms with Gasteiger partial charge in [-0.2, -0.15) is 5.26 Å². The van der Waals surface area contributed by atoms with Crippen LogP contribution in [0.4, 0.5) is 0 Å². The molecule has 0 N–H and O–H groups in total. The number of hydrogen-bond donors (Lipinski definition) is 0. The minimum atomic E-state index is -1.17. The van der Waals surface area contributed by atoms with Crippen LogP contribution >= 0.6 is 15.9 Å². The molecular formula is C7H4BrN3O4. The van der Waals surface area contributed by atoms with Crippen molar-refractivity contribution in [3.63, 3.8) is 0 Å². The van der Waals surface area contributed by atoms with Gasteiger partial charge in [0, 0.05) is 12.2 Å². The van der Waals surface area contributed by atoms with Crippen LogP contribution in [0.25, 0.3) is 0 Å². The summed E-state index contributed by atoms with van der Waals surface area (Å²) in [4.78, 5) is 18.8. The van der Waals surface area contributed by atoms with Gasteiger partial charge in [-0.05, 0) is 0 Å². The molecule has 0 aromatic rings. The molecule has 1 aliphatic rings. The Morgan fingerprint density at radius 1 is 1.27 bits per heavy atom. The Bertz CT molecular complexity index is 422. The summed E-state index contributed by atoms with van der Waals surface area (Å²) in [6.45, 7) is 0. The maximum atomic E-state index is 10.5. The number of nitro groups is 2. The van der Waals surface area contributed by atoms with Gasteiger partial charge in [-0.3, -0.25) is 20.2 Å². The molecule has 8 heteroatoms. The Balaban J connectivity index is 3.13. The van der Waals surface area contributed by atoms with Crippen LogP contribution in [0.15, 0.2) is 23.5 Å². The van der Waals surface area contributed by atoms with Crippen molar-refractivity contribution in [2.45, 2.75) is 4.83 Å². The average molecular weight is 274 g/mol. The van der Waals surface area contributed by atoms with Crippen LogP contribution in [-0.2, 0) is 0 Å². The van der Waals surface area contributed by atoms with E-state index in [0.29, 0.717) is 0 Å². The Morgan fingerprint density at radius 3 is 2.20 bits per heavy atom. The monoisotopic (exact) mass is 273 g/mol. The van der Waals surface area contributed by atoms with Crippen molar-refractivity contribution in [2.24, 2.45) is 5.92 Å². The summed E-state index contributed by atoms with van der Waals surface area (Å²) < 4.78 is 0. The molecule has 0 bridgehead atoms. The number of nitrogens with zero attached hydrogens (tertiary/aromatic N) is 3. The van der Waals surface area contributed by atoms with Crippen molar-refractivity contribution >= 4 is 15.9 Å². The first-order chi connectivity index (χ1) is 6.97. The van der Waals surface area contributed by atoms with Gasteiger partial charge in [-0.25, -0.2) is 0 Å². The van der Waals surface area contributed by atoms with Crippen LogP contribution in [0.5, 0.6) is 0 Å². The van der Waals surface area contributed by atoms with Crippen molar-refractivity contribution in [1.29, 1.82) is 5.26 Å². The lowest BCUT2D eigenvalue weighted by molar-refractivity contribution is -0.438. The van der Waals surface area contributed by atoms with Gasteiger partial charge in [-0.1, -0.05) is 15.9 Å². The number of alkyl halides is 1. The van der Waals surface area contributed by atoms with Crippen molar-refractivity contribution in [1.82, 2.24) is 0 Å². The van der Waals surface area contributed by atoms with E-state index in [0.717, 1.165) is 12.2 Å². The molecule has 0 saturated heterocycles. The van der Waals surface area contributed by atoms with E-state index in [9.17, 15) is 20.2 Å². The van der Waals surface area contributed by atoms with E-state index in [1.807, 2.05) is 0 Å². The van der Waals surface area contributed by atoms with Crippen LogP contribution in [0, 0.1) is 37.5 Å². The van der Waals surface area contributed by atoms with E-state index in [2.05, 4.69) is 15.9 Å². The number of hydrogen-bond acceptors (Lipinski definition) is 5. The summed E-state index contributed by atoms with van der Waals surface area (Å²) in [5, 5.41) is 29.6. The number of rotatable bonds is 2. The summed E-state index contributed by atoms with van der Waals surface area (Å²) in [6, 6.07) is 1.63. The van der Waals surface area contributed by atoms with Gasteiger partial charge in [-0.15, -0.1) is 0 Å². The molecule has 0 heterocycles. The molecule has 0 amide bonds. The average Bonchev–Trinajstić information content (AvgIpc) is 2.16. The van der Waals surface area contributed by atoms with Crippen LogP contribution in [0.3, 0.4) is 0 Å². The van der Waals surface area contributed by atoms with E-state index >= 15 is 0 Å². The van der Waals surface area contributed by atoms with Crippen LogP contribution in [0.2, 0.25) is 0 Å². The lowest BCUT2D eigenvalue weighted by atomic mass is 9.99. The molecule has 15 heavy (non-hydrogen) atoms. The van der Waals surface area contributed by atoms with Gasteiger partial charge in [0.1, 0.15) is 4.83 Å². The van der Waals surface area contributed by atoms with Gasteiger partial charge in [0.05, 0.1) is 15.9 Å². The Morgan fingerprint density at radius 2 is 1.80 bits per heavy atom. The van der Waals surface area contributed by atoms with E-state index in [-0.39, 0.29) is 11.4 Å². The molecule has 1 aliphatic carbocycles. The zero-order chi connectivity index (χ0) is 11.6. The first-order valence-corrected chi connectivity index (χ1v) is 4.65. The lowest BCUT2D eigenvalue weighted by Crippen LogP contribution is -2.21. The number of nitriles is 1. The third-order valence-corrected chi connectivity index (χ3v) is 2.55. The van der Waals surface area contributed by atoms with E-state index in [1.165, 1.54) is 0 Å². The highest BCUT2D eigenvalue weighted by molar-refractivity contribution is 9.09. The standard InChI is InChI=1S/C7H4BrN3O4/c8-5-2-6(10(12)13)4(3-9)1-7(5)11(14)15/h1-2,4-5H. The molecule has 7 nitrogen and oxygen atoms in total. The molecule has 78 valence electrons. The summed E-state index contributed by atoms with van der Waals surface area (Å²) in [5.74, 6) is -1.17. The van der Waals surface area contributed by atoms with Crippen molar-refractivity contribution in [3.05, 3.63) is 43.8 Å². The molecule has 1 rings (SSSR count). The molecule has 0 aromatic carbocycles. The minimum absolute atomic E-state index is 0.257. The quantitative estimate of drug-likeness (QED) is 0.427. The number of halogens is 1. The fourth-order valence-corrected chi connectivity index (χ4v) is 1.72. The second kappa shape index (κ2) is 4.18. The largest absolute Gasteiger partial charge is 0.265 e. The first kappa shape index (κ1) is 11.3. The van der Waals surface area contributed by atoms with Crippen molar-refractivity contribution in [2.75, 3.05) is 0 Å². The second-order valence-corrected chi connectivity index (χ2v) is 3.69. The Kier molecular flexibility index (Phi) is 3.16. The maximum Gasteiger partial charge on any atom is 0.265 e. The molecule has 0 fully saturated rings. The van der Waals surface area contributed by atoms with Crippen LogP contribution < -0.4 is 0 Å². The predicted molar refractivity (Wildman–Crippen MR) is 52.0 cm³/mol. The summed E-state index contributed by atoms with van der Waals surface area (Å²) in [5.41, 5.74) is -0.600. The molecule has 0 aromatic heterocycles. The Hall–Kier alpha value is -1.75. The van der Waals surface area contributed by atoms with E-state index in [1.54, 1.807) is 6.07 Å². The summed E-state index contributed by atoms with van der Waals surface area (Å²) in [7, 11) is 0. The highest BCUT2D eigenvalue weighted by atomic mass is 79.9. The summed E-state index contributed by atoms with van der Waals surface area (Å²) >= 11 is 2.92. The van der Waals surface area contributed by atoms with Gasteiger partial charge in [0.25, 0.3) is 11.4 Å². The van der Waals surface area contributed by atoms with E-state index < -0.39 is 20.6 Å². The molecule has 0 radical (unpaired) electrons. The third kappa shape index (κ3) is 2.19. The van der Waals surface area contributed by atoms with E-state index in [4.69, 9.17) is 5.26 Å². The lowest BCUT2D eigenvalue weighted by Gasteiger charge is -2.10. The predicted octanol–water partition coefficient (Wildman–Crippen LogP) is 1.22. The highest BCUT2D eigenvalue weighted by Crippen LogP contribution is 2.28. The van der Waals surface area contributed by atoms with Gasteiger partial charge >= 0.3 is 0 Å². The molecule has 2 atom stereocenters. The minimum Gasteiger partial charge on any atom is -0.259 e. The first-order valence-electron chi connectivity index (χ1n) is 3.73. The molecule has 0 saturated carbocycles. The molecular weight excluding hydrogens is 270 g/mol. The van der Waals surface area contributed by atoms with Crippen molar-refractivity contribution in [3.8, 4) is 6.07 Å². The maximum absolute atomic E-state index is 10.5. The van der Waals surface area contributed by atoms with Crippen LogP contribution in [0.1, 0.15) is 0 Å². The zero-order valence-corrected chi connectivity index (χ0v) is 8.75. The molecule has 0 spiro atoms. The van der Waals surface area contributed by atoms with Crippen molar-refractivity contribution < 1.29 is 9.85 Å². The summed E-state index contributed by atoms with van der Waals surface area (Å²) in [6.07, 6.45) is 2.05. The topological polar surface area (TPSA) is 110 Å². The highest BCUT2D eigenvalue weighted by Gasteiger charge is 2.35. The second-order valence-electron chi connectivity index (χ2n) is 2.71. The zero-order valence-electron chi connectivity index (χ0n) is 7.16. The van der Waals surface area contributed by atoms with Gasteiger partial charge in [0.15, 0.2) is 5.92 Å². The Labute approximate surface area is 92.1 Å². The SMILES string of the molecule is N#CC1C=C([N+](=O)[O-])C(Br)C=C1[N+](=O)[O-]. The molecule has 2 unspecified atom stereocenters. The smallest absolute Gasteiger partial charge is 0.259 e. The van der Waals surface area contributed by atoms with Gasteiger partial charge < -0.3 is 0 Å². The molecule has 0 aliphatic heterocycles. The third-order valence-electron chi connectivity index (χ3n) is 1.82. The fourth-order valence-electron chi connectivity index (χ4n) is 1.13. The fraction of sp³-hybridized carbons (Fsp3) is 0.286. The normalized spacial score (nSPS) is 24.8. The number of allylic oxidation sites excluding steroid dienone is 2. The van der Waals surface area contributed by atoms with Gasteiger partial charge in [0.2, 0.25) is 0 Å².